The third-order valence-electron chi connectivity index (χ3n) is 4.52. The zero-order chi connectivity index (χ0) is 17.8. The van der Waals surface area contributed by atoms with Crippen LogP contribution in [0.25, 0.3) is 0 Å². The molecule has 6 heteroatoms. The highest BCUT2D eigenvalue weighted by molar-refractivity contribution is 5.92. The summed E-state index contributed by atoms with van der Waals surface area (Å²) in [6.45, 7) is 7.04. The number of ether oxygens (including phenoxy) is 1. The van der Waals surface area contributed by atoms with Crippen molar-refractivity contribution in [3.05, 3.63) is 47.9 Å². The zero-order valence-corrected chi connectivity index (χ0v) is 15.0. The van der Waals surface area contributed by atoms with E-state index in [1.165, 1.54) is 0 Å². The third-order valence-corrected chi connectivity index (χ3v) is 4.52. The first-order chi connectivity index (χ1) is 12.1. The molecule has 2 aromatic heterocycles. The molecule has 1 amide bonds. The number of nitrogens with zero attached hydrogens (tertiary/aromatic N) is 4. The lowest BCUT2D eigenvalue weighted by molar-refractivity contribution is 0.0740. The van der Waals surface area contributed by atoms with Crippen molar-refractivity contribution >= 4 is 11.7 Å². The van der Waals surface area contributed by atoms with Crippen molar-refractivity contribution in [2.75, 3.05) is 38.2 Å². The summed E-state index contributed by atoms with van der Waals surface area (Å²) in [6.07, 6.45) is 3.54. The van der Waals surface area contributed by atoms with Crippen molar-refractivity contribution < 1.29 is 9.53 Å². The van der Waals surface area contributed by atoms with E-state index in [0.717, 1.165) is 30.2 Å². The van der Waals surface area contributed by atoms with Gasteiger partial charge in [-0.2, -0.15) is 0 Å². The van der Waals surface area contributed by atoms with Gasteiger partial charge in [-0.05, 0) is 23.6 Å². The summed E-state index contributed by atoms with van der Waals surface area (Å²) in [5.41, 5.74) is 1.66. The Morgan fingerprint density at radius 2 is 1.88 bits per heavy atom. The maximum Gasteiger partial charge on any atom is 0.272 e. The Bertz CT molecular complexity index is 722. The fourth-order valence-corrected chi connectivity index (χ4v) is 2.87. The summed E-state index contributed by atoms with van der Waals surface area (Å²) >= 11 is 0. The molecule has 0 saturated carbocycles. The monoisotopic (exact) mass is 340 g/mol. The minimum Gasteiger partial charge on any atom is -0.497 e. The topological polar surface area (TPSA) is 58.6 Å². The molecule has 0 unspecified atom stereocenters. The van der Waals surface area contributed by atoms with Gasteiger partial charge in [0.25, 0.3) is 5.91 Å². The maximum absolute atomic E-state index is 12.6. The summed E-state index contributed by atoms with van der Waals surface area (Å²) in [5, 5.41) is 0. The van der Waals surface area contributed by atoms with Gasteiger partial charge in [0.05, 0.1) is 7.11 Å². The van der Waals surface area contributed by atoms with Gasteiger partial charge in [0.1, 0.15) is 17.3 Å². The lowest BCUT2D eigenvalue weighted by Crippen LogP contribution is -2.49. The molecule has 1 aliphatic rings. The number of carbonyl (C=O) groups is 1. The van der Waals surface area contributed by atoms with Crippen molar-refractivity contribution in [2.45, 2.75) is 19.8 Å². The fraction of sp³-hybridized carbons (Fsp3) is 0.421. The van der Waals surface area contributed by atoms with Crippen LogP contribution in [0.5, 0.6) is 5.75 Å². The van der Waals surface area contributed by atoms with Crippen molar-refractivity contribution in [1.82, 2.24) is 14.9 Å². The van der Waals surface area contributed by atoms with Gasteiger partial charge in [0, 0.05) is 44.6 Å². The summed E-state index contributed by atoms with van der Waals surface area (Å²) in [5.74, 6) is 2.08. The lowest BCUT2D eigenvalue weighted by atomic mass is 10.1. The van der Waals surface area contributed by atoms with Crippen LogP contribution in [0.3, 0.4) is 0 Å². The molecule has 1 saturated heterocycles. The van der Waals surface area contributed by atoms with E-state index in [-0.39, 0.29) is 5.91 Å². The van der Waals surface area contributed by atoms with Crippen LogP contribution in [0, 0.1) is 0 Å². The van der Waals surface area contributed by atoms with Gasteiger partial charge in [0.2, 0.25) is 0 Å². The molecule has 0 radical (unpaired) electrons. The Morgan fingerprint density at radius 1 is 1.12 bits per heavy atom. The Kier molecular flexibility index (Phi) is 5.16. The summed E-state index contributed by atoms with van der Waals surface area (Å²) < 4.78 is 5.25. The first-order valence-electron chi connectivity index (χ1n) is 8.58. The molecule has 1 fully saturated rings. The largest absolute Gasteiger partial charge is 0.497 e. The van der Waals surface area contributed by atoms with Crippen LogP contribution in [0.4, 0.5) is 5.82 Å². The van der Waals surface area contributed by atoms with Crippen LogP contribution in [-0.2, 0) is 0 Å². The summed E-state index contributed by atoms with van der Waals surface area (Å²) in [4.78, 5) is 25.4. The molecule has 3 rings (SSSR count). The van der Waals surface area contributed by atoms with E-state index in [9.17, 15) is 4.79 Å². The van der Waals surface area contributed by atoms with Gasteiger partial charge in [0.15, 0.2) is 0 Å². The van der Waals surface area contributed by atoms with E-state index in [1.807, 2.05) is 29.2 Å². The number of carbonyl (C=O) groups excluding carboxylic acids is 1. The van der Waals surface area contributed by atoms with Crippen molar-refractivity contribution in [3.63, 3.8) is 0 Å². The Morgan fingerprint density at radius 3 is 2.48 bits per heavy atom. The normalized spacial score (nSPS) is 14.7. The average Bonchev–Trinajstić information content (AvgIpc) is 2.67. The molecule has 0 N–H and O–H groups in total. The van der Waals surface area contributed by atoms with Gasteiger partial charge in [-0.1, -0.05) is 19.9 Å². The molecule has 1 aliphatic heterocycles. The second-order valence-corrected chi connectivity index (χ2v) is 6.46. The molecule has 0 spiro atoms. The molecular weight excluding hydrogens is 316 g/mol. The van der Waals surface area contributed by atoms with Gasteiger partial charge >= 0.3 is 0 Å². The predicted molar refractivity (Wildman–Crippen MR) is 97.2 cm³/mol. The molecular formula is C19H24N4O2. The molecule has 0 aromatic carbocycles. The van der Waals surface area contributed by atoms with Crippen LogP contribution in [0.15, 0.2) is 36.7 Å². The van der Waals surface area contributed by atoms with E-state index in [0.29, 0.717) is 24.7 Å². The molecule has 0 aliphatic carbocycles. The van der Waals surface area contributed by atoms with E-state index in [4.69, 9.17) is 4.74 Å². The SMILES string of the molecule is COc1ccnc(N2CCN(C(=O)c3ccc(C(C)C)cn3)CC2)c1. The molecule has 0 bridgehead atoms. The van der Waals surface area contributed by atoms with Gasteiger partial charge in [-0.25, -0.2) is 4.98 Å². The van der Waals surface area contributed by atoms with Crippen LogP contribution in [-0.4, -0.2) is 54.1 Å². The maximum atomic E-state index is 12.6. The van der Waals surface area contributed by atoms with Crippen LogP contribution < -0.4 is 9.64 Å². The van der Waals surface area contributed by atoms with Crippen molar-refractivity contribution in [3.8, 4) is 5.75 Å². The van der Waals surface area contributed by atoms with Crippen LogP contribution in [0.1, 0.15) is 35.8 Å². The number of rotatable bonds is 4. The highest BCUT2D eigenvalue weighted by Gasteiger charge is 2.23. The van der Waals surface area contributed by atoms with Crippen LogP contribution in [0.2, 0.25) is 0 Å². The molecule has 0 atom stereocenters. The highest BCUT2D eigenvalue weighted by atomic mass is 16.5. The Hall–Kier alpha value is -2.63. The Labute approximate surface area is 148 Å². The second kappa shape index (κ2) is 7.51. The molecule has 3 heterocycles. The average molecular weight is 340 g/mol. The number of anilines is 1. The van der Waals surface area contributed by atoms with Crippen molar-refractivity contribution in [2.24, 2.45) is 0 Å². The Balaban J connectivity index is 1.62. The van der Waals surface area contributed by atoms with E-state index in [2.05, 4.69) is 28.7 Å². The van der Waals surface area contributed by atoms with Crippen molar-refractivity contribution in [1.29, 1.82) is 0 Å². The number of piperazine rings is 1. The minimum absolute atomic E-state index is 0.00597. The van der Waals surface area contributed by atoms with E-state index in [1.54, 1.807) is 19.5 Å². The quantitative estimate of drug-likeness (QED) is 0.856. The second-order valence-electron chi connectivity index (χ2n) is 6.46. The van der Waals surface area contributed by atoms with Gasteiger partial charge in [-0.3, -0.25) is 9.78 Å². The molecule has 25 heavy (non-hydrogen) atoms. The number of hydrogen-bond acceptors (Lipinski definition) is 5. The minimum atomic E-state index is -0.00597. The van der Waals surface area contributed by atoms with Gasteiger partial charge < -0.3 is 14.5 Å². The molecule has 2 aromatic rings. The number of methoxy groups -OCH3 is 1. The zero-order valence-electron chi connectivity index (χ0n) is 15.0. The third kappa shape index (κ3) is 3.90. The molecule has 6 nitrogen and oxygen atoms in total. The number of hydrogen-bond donors (Lipinski definition) is 0. The summed E-state index contributed by atoms with van der Waals surface area (Å²) in [6, 6.07) is 7.56. The predicted octanol–water partition coefficient (Wildman–Crippen LogP) is 2.57. The number of aromatic nitrogens is 2. The first-order valence-corrected chi connectivity index (χ1v) is 8.58. The van der Waals surface area contributed by atoms with Crippen LogP contribution >= 0.6 is 0 Å². The fourth-order valence-electron chi connectivity index (χ4n) is 2.87. The van der Waals surface area contributed by atoms with E-state index >= 15 is 0 Å². The standard InChI is InChI=1S/C19H24N4O2/c1-14(2)15-4-5-17(21-13-15)19(24)23-10-8-22(9-11-23)18-12-16(25-3)6-7-20-18/h4-7,12-14H,8-11H2,1-3H3. The smallest absolute Gasteiger partial charge is 0.272 e. The van der Waals surface area contributed by atoms with E-state index < -0.39 is 0 Å². The highest BCUT2D eigenvalue weighted by Crippen LogP contribution is 2.20. The number of amides is 1. The first kappa shape index (κ1) is 17.2. The van der Waals surface area contributed by atoms with Gasteiger partial charge in [-0.15, -0.1) is 0 Å². The molecule has 132 valence electrons. The lowest BCUT2D eigenvalue weighted by Gasteiger charge is -2.35. The summed E-state index contributed by atoms with van der Waals surface area (Å²) in [7, 11) is 1.65. The number of pyridine rings is 2.